The molecule has 0 aliphatic rings. The van der Waals surface area contributed by atoms with Gasteiger partial charge in [0, 0.05) is 0 Å². The zero-order chi connectivity index (χ0) is 11.8. The van der Waals surface area contributed by atoms with Crippen molar-refractivity contribution >= 4 is 29.1 Å². The van der Waals surface area contributed by atoms with Crippen LogP contribution in [0.3, 0.4) is 0 Å². The van der Waals surface area contributed by atoms with Crippen molar-refractivity contribution in [2.24, 2.45) is 0 Å². The Morgan fingerprint density at radius 2 is 1.62 bits per heavy atom. The van der Waals surface area contributed by atoms with Crippen LogP contribution in [-0.2, 0) is 4.44 Å². The molecule has 0 atom stereocenters. The van der Waals surface area contributed by atoms with Gasteiger partial charge in [-0.3, -0.25) is 0 Å². The molecule has 0 radical (unpaired) electrons. The molecule has 0 saturated carbocycles. The average molecular weight is 323 g/mol. The Kier molecular flexibility index (Phi) is 3.24. The molecule has 16 heavy (non-hydrogen) atoms. The van der Waals surface area contributed by atoms with Gasteiger partial charge in [-0.25, -0.2) is 0 Å². The van der Waals surface area contributed by atoms with Gasteiger partial charge in [0.15, 0.2) is 0 Å². The summed E-state index contributed by atoms with van der Waals surface area (Å²) in [4.78, 5) is 7.26. The minimum atomic E-state index is -1.79. The number of benzene rings is 2. The first kappa shape index (κ1) is 11.9. The van der Waals surface area contributed by atoms with Crippen molar-refractivity contribution in [1.82, 2.24) is 0 Å². The van der Waals surface area contributed by atoms with Crippen LogP contribution >= 0.6 is 0 Å². The Balaban J connectivity index is 2.43. The average Bonchev–Trinajstić information content (AvgIpc) is 2.14. The molecule has 2 aromatic rings. The van der Waals surface area contributed by atoms with Crippen molar-refractivity contribution in [3.8, 4) is 0 Å². The molecule has 0 saturated heterocycles. The summed E-state index contributed by atoms with van der Waals surface area (Å²) in [6.07, 6.45) is 0. The Bertz CT molecular complexity index is 512. The molecule has 84 valence electrons. The maximum atomic E-state index is 13.1. The fourth-order valence-electron chi connectivity index (χ4n) is 1.99. The van der Waals surface area contributed by atoms with E-state index in [9.17, 15) is 4.39 Å². The monoisotopic (exact) mass is 324 g/mol. The molecular formula is C14H17FSn. The van der Waals surface area contributed by atoms with Crippen LogP contribution in [0, 0.1) is 5.82 Å². The van der Waals surface area contributed by atoms with Gasteiger partial charge in [-0.15, -0.1) is 0 Å². The van der Waals surface area contributed by atoms with Crippen LogP contribution in [-0.4, -0.2) is 18.4 Å². The Hall–Kier alpha value is -0.571. The SMILES string of the molecule is [CH3][Sn]([CH3])([CH3])[CH2]c1ccc2ccc(F)cc2c1. The molecule has 2 aromatic carbocycles. The van der Waals surface area contributed by atoms with E-state index in [-0.39, 0.29) is 5.82 Å². The van der Waals surface area contributed by atoms with E-state index in [0.717, 1.165) is 10.8 Å². The van der Waals surface area contributed by atoms with Gasteiger partial charge in [-0.05, 0) is 0 Å². The van der Waals surface area contributed by atoms with Gasteiger partial charge < -0.3 is 0 Å². The summed E-state index contributed by atoms with van der Waals surface area (Å²) in [7, 11) is 0. The van der Waals surface area contributed by atoms with Crippen LogP contribution in [0.5, 0.6) is 0 Å². The third-order valence-electron chi connectivity index (χ3n) is 2.60. The van der Waals surface area contributed by atoms with Crippen LogP contribution in [0.15, 0.2) is 36.4 Å². The van der Waals surface area contributed by atoms with Crippen molar-refractivity contribution in [3.05, 3.63) is 47.8 Å². The number of hydrogen-bond donors (Lipinski definition) is 0. The summed E-state index contributed by atoms with van der Waals surface area (Å²) in [5.41, 5.74) is 1.36. The van der Waals surface area contributed by atoms with E-state index < -0.39 is 18.4 Å². The second kappa shape index (κ2) is 4.36. The van der Waals surface area contributed by atoms with Crippen molar-refractivity contribution in [3.63, 3.8) is 0 Å². The van der Waals surface area contributed by atoms with E-state index in [0.29, 0.717) is 0 Å². The summed E-state index contributed by atoms with van der Waals surface area (Å²) in [5, 5.41) is 2.14. The number of hydrogen-bond acceptors (Lipinski definition) is 0. The van der Waals surface area contributed by atoms with Gasteiger partial charge in [0.1, 0.15) is 0 Å². The molecule has 0 bridgehead atoms. The van der Waals surface area contributed by atoms with E-state index in [1.54, 1.807) is 6.07 Å². The molecule has 0 N–H and O–H groups in total. The molecule has 0 amide bonds. The number of fused-ring (bicyclic) bond motifs is 1. The third kappa shape index (κ3) is 2.97. The van der Waals surface area contributed by atoms with Crippen LogP contribution in [0.2, 0.25) is 14.8 Å². The van der Waals surface area contributed by atoms with E-state index in [4.69, 9.17) is 0 Å². The van der Waals surface area contributed by atoms with E-state index in [1.807, 2.05) is 6.07 Å². The molecule has 0 aliphatic carbocycles. The molecule has 0 fully saturated rings. The number of rotatable bonds is 2. The van der Waals surface area contributed by atoms with Crippen LogP contribution < -0.4 is 0 Å². The van der Waals surface area contributed by atoms with Crippen molar-refractivity contribution < 1.29 is 4.39 Å². The Labute approximate surface area is 100 Å². The van der Waals surface area contributed by atoms with Crippen molar-refractivity contribution in [1.29, 1.82) is 0 Å². The maximum absolute atomic E-state index is 13.1. The molecule has 0 nitrogen and oxygen atoms in total. The predicted octanol–water partition coefficient (Wildman–Crippen LogP) is 4.40. The zero-order valence-electron chi connectivity index (χ0n) is 10.0. The van der Waals surface area contributed by atoms with Crippen molar-refractivity contribution in [2.75, 3.05) is 0 Å². The predicted molar refractivity (Wildman–Crippen MR) is 71.0 cm³/mol. The standard InChI is InChI=1S/C11H8F.3CH3.Sn/c1-8-2-3-9-4-5-11(12)7-10(9)6-8;;;;/h2-7H,1H2;3*1H3;. The first-order valence-corrected chi connectivity index (χ1v) is 16.2. The summed E-state index contributed by atoms with van der Waals surface area (Å²) >= 11 is -1.79. The normalized spacial score (nSPS) is 12.0. The van der Waals surface area contributed by atoms with Gasteiger partial charge >= 0.3 is 101 Å². The molecule has 2 rings (SSSR count). The van der Waals surface area contributed by atoms with Gasteiger partial charge in [0.05, 0.1) is 0 Å². The molecule has 0 aliphatic heterocycles. The Morgan fingerprint density at radius 1 is 0.938 bits per heavy atom. The van der Waals surface area contributed by atoms with Gasteiger partial charge in [0.2, 0.25) is 0 Å². The van der Waals surface area contributed by atoms with Crippen LogP contribution in [0.4, 0.5) is 4.39 Å². The van der Waals surface area contributed by atoms with E-state index >= 15 is 0 Å². The second-order valence-corrected chi connectivity index (χ2v) is 21.2. The van der Waals surface area contributed by atoms with Gasteiger partial charge in [0.25, 0.3) is 0 Å². The van der Waals surface area contributed by atoms with Crippen molar-refractivity contribution in [2.45, 2.75) is 19.3 Å². The quantitative estimate of drug-likeness (QED) is 0.719. The second-order valence-electron chi connectivity index (χ2n) is 5.56. The summed E-state index contributed by atoms with van der Waals surface area (Å²) in [6, 6.07) is 11.4. The first-order chi connectivity index (χ1) is 7.44. The topological polar surface area (TPSA) is 0 Å². The third-order valence-corrected chi connectivity index (χ3v) is 6.79. The summed E-state index contributed by atoms with van der Waals surface area (Å²) in [6.45, 7) is 0. The van der Waals surface area contributed by atoms with Crippen LogP contribution in [0.25, 0.3) is 10.8 Å². The molecule has 0 aromatic heterocycles. The Morgan fingerprint density at radius 3 is 2.31 bits per heavy atom. The minimum absolute atomic E-state index is 0.149. The fraction of sp³-hybridized carbons (Fsp3) is 0.286. The van der Waals surface area contributed by atoms with Crippen LogP contribution in [0.1, 0.15) is 5.56 Å². The van der Waals surface area contributed by atoms with E-state index in [1.165, 1.54) is 16.1 Å². The fourth-order valence-corrected chi connectivity index (χ4v) is 6.11. The molecule has 0 heterocycles. The molecule has 0 spiro atoms. The zero-order valence-corrected chi connectivity index (χ0v) is 12.9. The van der Waals surface area contributed by atoms with Gasteiger partial charge in [-0.2, -0.15) is 0 Å². The summed E-state index contributed by atoms with van der Waals surface area (Å²) in [5.74, 6) is -0.149. The molecule has 0 unspecified atom stereocenters. The first-order valence-electron chi connectivity index (χ1n) is 5.62. The van der Waals surface area contributed by atoms with E-state index in [2.05, 4.69) is 33.0 Å². The summed E-state index contributed by atoms with van der Waals surface area (Å²) < 4.78 is 14.3. The number of halogens is 1. The molecular weight excluding hydrogens is 306 g/mol. The van der Waals surface area contributed by atoms with Gasteiger partial charge in [-0.1, -0.05) is 0 Å². The molecule has 2 heteroatoms.